The van der Waals surface area contributed by atoms with Gasteiger partial charge in [-0.1, -0.05) is 48.5 Å². The van der Waals surface area contributed by atoms with Crippen molar-refractivity contribution in [1.82, 2.24) is 29.8 Å². The molecule has 1 aliphatic heterocycles. The highest BCUT2D eigenvalue weighted by Gasteiger charge is 2.35. The molecule has 37 heavy (non-hydrogen) atoms. The fourth-order valence-electron chi connectivity index (χ4n) is 5.00. The van der Waals surface area contributed by atoms with Crippen LogP contribution in [0.15, 0.2) is 73.1 Å². The van der Waals surface area contributed by atoms with Crippen molar-refractivity contribution >= 4 is 11.8 Å². The molecular formula is C28H33N7O2. The first-order chi connectivity index (χ1) is 18.0. The van der Waals surface area contributed by atoms with Gasteiger partial charge in [-0.3, -0.25) is 14.9 Å². The monoisotopic (exact) mass is 499 g/mol. The van der Waals surface area contributed by atoms with Crippen molar-refractivity contribution in [1.29, 1.82) is 0 Å². The molecule has 1 fully saturated rings. The number of benzene rings is 2. The van der Waals surface area contributed by atoms with E-state index in [4.69, 9.17) is 9.84 Å². The molecule has 4 aromatic rings. The number of nitrogens with one attached hydrogen (secondary N) is 2. The van der Waals surface area contributed by atoms with Gasteiger partial charge in [-0.25, -0.2) is 9.48 Å². The summed E-state index contributed by atoms with van der Waals surface area (Å²) in [6.07, 6.45) is 3.71. The van der Waals surface area contributed by atoms with E-state index in [0.717, 1.165) is 42.1 Å². The number of amides is 2. The van der Waals surface area contributed by atoms with E-state index in [1.54, 1.807) is 22.7 Å². The lowest BCUT2D eigenvalue weighted by Crippen LogP contribution is -2.42. The van der Waals surface area contributed by atoms with E-state index in [9.17, 15) is 4.79 Å². The Morgan fingerprint density at radius 1 is 1.08 bits per heavy atom. The summed E-state index contributed by atoms with van der Waals surface area (Å²) in [5.41, 5.74) is 4.63. The minimum atomic E-state index is -0.252. The Morgan fingerprint density at radius 3 is 2.49 bits per heavy atom. The van der Waals surface area contributed by atoms with Gasteiger partial charge < -0.3 is 10.1 Å². The molecule has 2 aromatic heterocycles. The molecule has 0 bridgehead atoms. The van der Waals surface area contributed by atoms with E-state index in [-0.39, 0.29) is 18.0 Å². The molecule has 9 heteroatoms. The highest BCUT2D eigenvalue weighted by Crippen LogP contribution is 2.31. The largest absolute Gasteiger partial charge is 0.383 e. The van der Waals surface area contributed by atoms with Gasteiger partial charge in [-0.15, -0.1) is 0 Å². The third-order valence-electron chi connectivity index (χ3n) is 6.88. The van der Waals surface area contributed by atoms with Crippen LogP contribution in [-0.2, 0) is 11.8 Å². The molecule has 2 N–H and O–H groups in total. The molecule has 3 heterocycles. The van der Waals surface area contributed by atoms with Crippen molar-refractivity contribution in [2.75, 3.05) is 38.7 Å². The zero-order valence-corrected chi connectivity index (χ0v) is 21.5. The number of methoxy groups -OCH3 is 1. The van der Waals surface area contributed by atoms with Gasteiger partial charge >= 0.3 is 6.03 Å². The van der Waals surface area contributed by atoms with Gasteiger partial charge in [0, 0.05) is 57.0 Å². The highest BCUT2D eigenvalue weighted by molar-refractivity contribution is 5.91. The molecule has 1 saturated heterocycles. The Labute approximate surface area is 217 Å². The normalized spacial score (nSPS) is 17.7. The van der Waals surface area contributed by atoms with E-state index in [1.807, 2.05) is 68.7 Å². The Bertz CT molecular complexity index is 1330. The first kappa shape index (κ1) is 24.7. The lowest BCUT2D eigenvalue weighted by molar-refractivity contribution is 0.159. The molecule has 0 spiro atoms. The molecule has 0 unspecified atom stereocenters. The number of anilines is 1. The number of aryl methyl sites for hydroxylation is 1. The van der Waals surface area contributed by atoms with Crippen LogP contribution in [0.5, 0.6) is 0 Å². The van der Waals surface area contributed by atoms with Gasteiger partial charge in [0.2, 0.25) is 0 Å². The standard InChI is InChI=1S/C28H33N7O2/c1-20-26(22-16-29-33(2)17-22)32-35(23-12-8-5-9-13-23)27(20)31-28(36)30-25-19-34(14-15-37-3)18-24(25)21-10-6-4-7-11-21/h4-13,16-17,24-25H,14-15,18-19H2,1-3H3,(H2,30,31,36)/t24-,25+/m0/s1. The van der Waals surface area contributed by atoms with Crippen LogP contribution in [0.1, 0.15) is 17.0 Å². The smallest absolute Gasteiger partial charge is 0.320 e. The molecule has 2 atom stereocenters. The van der Waals surface area contributed by atoms with Gasteiger partial charge in [-0.05, 0) is 24.6 Å². The van der Waals surface area contributed by atoms with E-state index < -0.39 is 0 Å². The average molecular weight is 500 g/mol. The lowest BCUT2D eigenvalue weighted by atomic mass is 9.94. The Morgan fingerprint density at radius 2 is 1.81 bits per heavy atom. The maximum absolute atomic E-state index is 13.4. The molecular weight excluding hydrogens is 466 g/mol. The van der Waals surface area contributed by atoms with Crippen LogP contribution < -0.4 is 10.6 Å². The summed E-state index contributed by atoms with van der Waals surface area (Å²) in [7, 11) is 3.59. The number of rotatable bonds is 8. The molecule has 0 saturated carbocycles. The Kier molecular flexibility index (Phi) is 7.34. The number of urea groups is 1. The maximum atomic E-state index is 13.4. The third-order valence-corrected chi connectivity index (χ3v) is 6.88. The molecule has 2 amide bonds. The van der Waals surface area contributed by atoms with Crippen LogP contribution in [-0.4, -0.2) is 69.9 Å². The molecule has 0 radical (unpaired) electrons. The molecule has 1 aliphatic rings. The summed E-state index contributed by atoms with van der Waals surface area (Å²) in [6, 6.07) is 19.9. The van der Waals surface area contributed by atoms with Crippen LogP contribution >= 0.6 is 0 Å². The number of para-hydroxylation sites is 1. The zero-order chi connectivity index (χ0) is 25.8. The molecule has 5 rings (SSSR count). The van der Waals surface area contributed by atoms with E-state index in [0.29, 0.717) is 12.4 Å². The number of carbonyl (C=O) groups is 1. The summed E-state index contributed by atoms with van der Waals surface area (Å²) in [5.74, 6) is 0.822. The first-order valence-electron chi connectivity index (χ1n) is 12.5. The number of ether oxygens (including phenoxy) is 1. The number of hydrogen-bond acceptors (Lipinski definition) is 5. The van der Waals surface area contributed by atoms with E-state index >= 15 is 0 Å². The number of aromatic nitrogens is 4. The highest BCUT2D eigenvalue weighted by atomic mass is 16.5. The summed E-state index contributed by atoms with van der Waals surface area (Å²) >= 11 is 0. The number of carbonyl (C=O) groups excluding carboxylic acids is 1. The van der Waals surface area contributed by atoms with Crippen molar-refractivity contribution in [2.24, 2.45) is 7.05 Å². The summed E-state index contributed by atoms with van der Waals surface area (Å²) in [4.78, 5) is 15.8. The van der Waals surface area contributed by atoms with Crippen LogP contribution in [0, 0.1) is 6.92 Å². The fraction of sp³-hybridized carbons (Fsp3) is 0.321. The van der Waals surface area contributed by atoms with Crippen LogP contribution in [0.4, 0.5) is 10.6 Å². The maximum Gasteiger partial charge on any atom is 0.320 e. The average Bonchev–Trinajstić information content (AvgIpc) is 3.61. The van der Waals surface area contributed by atoms with Crippen molar-refractivity contribution in [3.63, 3.8) is 0 Å². The Hall–Kier alpha value is -3.95. The minimum Gasteiger partial charge on any atom is -0.383 e. The van der Waals surface area contributed by atoms with Gasteiger partial charge in [0.05, 0.1) is 24.5 Å². The molecule has 9 nitrogen and oxygen atoms in total. The molecule has 192 valence electrons. The van der Waals surface area contributed by atoms with Crippen LogP contribution in [0.3, 0.4) is 0 Å². The minimum absolute atomic E-state index is 0.0366. The topological polar surface area (TPSA) is 89.2 Å². The second-order valence-corrected chi connectivity index (χ2v) is 9.45. The van der Waals surface area contributed by atoms with E-state index in [2.05, 4.69) is 32.8 Å². The number of hydrogen-bond donors (Lipinski definition) is 2. The van der Waals surface area contributed by atoms with Gasteiger partial charge in [-0.2, -0.15) is 10.2 Å². The van der Waals surface area contributed by atoms with Crippen molar-refractivity contribution in [3.8, 4) is 16.9 Å². The summed E-state index contributed by atoms with van der Waals surface area (Å²) in [5, 5.41) is 15.5. The predicted molar refractivity (Wildman–Crippen MR) is 144 cm³/mol. The summed E-state index contributed by atoms with van der Waals surface area (Å²) < 4.78 is 8.82. The van der Waals surface area contributed by atoms with Gasteiger partial charge in [0.1, 0.15) is 11.5 Å². The van der Waals surface area contributed by atoms with Crippen LogP contribution in [0.2, 0.25) is 0 Å². The van der Waals surface area contributed by atoms with E-state index in [1.165, 1.54) is 5.56 Å². The SMILES string of the molecule is COCCN1C[C@@H](NC(=O)Nc2c(C)c(-c3cnn(C)c3)nn2-c2ccccc2)[C@H](c2ccccc2)C1. The second kappa shape index (κ2) is 11.0. The first-order valence-corrected chi connectivity index (χ1v) is 12.5. The summed E-state index contributed by atoms with van der Waals surface area (Å²) in [6.45, 7) is 5.08. The van der Waals surface area contributed by atoms with Gasteiger partial charge in [0.25, 0.3) is 0 Å². The van der Waals surface area contributed by atoms with Crippen molar-refractivity contribution in [2.45, 2.75) is 18.9 Å². The second-order valence-electron chi connectivity index (χ2n) is 9.45. The fourth-order valence-corrected chi connectivity index (χ4v) is 5.00. The predicted octanol–water partition coefficient (Wildman–Crippen LogP) is 3.82. The lowest BCUT2D eigenvalue weighted by Gasteiger charge is -2.21. The van der Waals surface area contributed by atoms with Gasteiger partial charge in [0.15, 0.2) is 0 Å². The molecule has 2 aromatic carbocycles. The van der Waals surface area contributed by atoms with Crippen molar-refractivity contribution in [3.05, 3.63) is 84.2 Å². The van der Waals surface area contributed by atoms with Crippen LogP contribution in [0.25, 0.3) is 16.9 Å². The number of likely N-dealkylation sites (tertiary alicyclic amines) is 1. The van der Waals surface area contributed by atoms with Crippen molar-refractivity contribution < 1.29 is 9.53 Å². The Balaban J connectivity index is 1.41. The zero-order valence-electron chi connectivity index (χ0n) is 21.5. The number of nitrogens with zero attached hydrogens (tertiary/aromatic N) is 5. The molecule has 0 aliphatic carbocycles. The third kappa shape index (κ3) is 5.42. The quantitative estimate of drug-likeness (QED) is 0.385.